The Morgan fingerprint density at radius 1 is 1.10 bits per heavy atom. The predicted molar refractivity (Wildman–Crippen MR) is 122 cm³/mol. The van der Waals surface area contributed by atoms with Crippen molar-refractivity contribution in [2.24, 2.45) is 4.99 Å². The van der Waals surface area contributed by atoms with Crippen molar-refractivity contribution in [1.29, 1.82) is 0 Å². The molecule has 0 spiro atoms. The van der Waals surface area contributed by atoms with E-state index in [9.17, 15) is 0 Å². The molecule has 0 radical (unpaired) electrons. The zero-order valence-electron chi connectivity index (χ0n) is 19.1. The average molecular weight is 416 g/mol. The number of aliphatic imine (C=N–C) groups is 1. The summed E-state index contributed by atoms with van der Waals surface area (Å²) in [5.41, 5.74) is 4.52. The maximum atomic E-state index is 5.97. The van der Waals surface area contributed by atoms with Gasteiger partial charge in [-0.05, 0) is 51.8 Å². The maximum Gasteiger partial charge on any atom is 0.191 e. The monoisotopic (exact) mass is 415 g/mol. The molecule has 0 fully saturated rings. The normalized spacial score (nSPS) is 11.6. The van der Waals surface area contributed by atoms with E-state index < -0.39 is 0 Å². The standard InChI is InChI=1S/C23H37N5O2/c1-6-24-23(25-11-7-12-28-20(4)16-19(3)27-28)26-17-21-10-9-18(2)15-22(21)30-14-8-13-29-5/h9-10,15-16H,6-8,11-14,17H2,1-5H3,(H2,24,25,26). The van der Waals surface area contributed by atoms with E-state index in [1.165, 1.54) is 11.3 Å². The summed E-state index contributed by atoms with van der Waals surface area (Å²) in [5.74, 6) is 1.71. The molecule has 2 N–H and O–H groups in total. The van der Waals surface area contributed by atoms with Gasteiger partial charge in [0.2, 0.25) is 0 Å². The van der Waals surface area contributed by atoms with E-state index in [-0.39, 0.29) is 0 Å². The van der Waals surface area contributed by atoms with Gasteiger partial charge in [0.25, 0.3) is 0 Å². The van der Waals surface area contributed by atoms with Gasteiger partial charge in [-0.15, -0.1) is 0 Å². The summed E-state index contributed by atoms with van der Waals surface area (Å²) in [5, 5.41) is 11.2. The van der Waals surface area contributed by atoms with Crippen LogP contribution >= 0.6 is 0 Å². The summed E-state index contributed by atoms with van der Waals surface area (Å²) in [6.45, 7) is 12.7. The van der Waals surface area contributed by atoms with Crippen LogP contribution in [0.5, 0.6) is 5.75 Å². The Morgan fingerprint density at radius 2 is 1.93 bits per heavy atom. The van der Waals surface area contributed by atoms with Gasteiger partial charge in [0.1, 0.15) is 5.75 Å². The molecule has 0 aliphatic carbocycles. The smallest absolute Gasteiger partial charge is 0.191 e. The minimum Gasteiger partial charge on any atom is -0.493 e. The molecule has 0 saturated carbocycles. The number of benzene rings is 1. The van der Waals surface area contributed by atoms with Crippen molar-refractivity contribution in [2.75, 3.05) is 33.4 Å². The molecule has 0 saturated heterocycles. The van der Waals surface area contributed by atoms with Gasteiger partial charge in [-0.2, -0.15) is 5.10 Å². The zero-order valence-corrected chi connectivity index (χ0v) is 19.1. The summed E-state index contributed by atoms with van der Waals surface area (Å²) >= 11 is 0. The van der Waals surface area contributed by atoms with E-state index in [1.54, 1.807) is 7.11 Å². The van der Waals surface area contributed by atoms with Gasteiger partial charge in [0.05, 0.1) is 18.8 Å². The van der Waals surface area contributed by atoms with Gasteiger partial charge in [-0.25, -0.2) is 4.99 Å². The zero-order chi connectivity index (χ0) is 21.8. The molecule has 1 aromatic carbocycles. The van der Waals surface area contributed by atoms with Gasteiger partial charge in [0, 0.05) is 51.0 Å². The van der Waals surface area contributed by atoms with E-state index in [0.717, 1.165) is 55.4 Å². The summed E-state index contributed by atoms with van der Waals surface area (Å²) in [6.07, 6.45) is 1.84. The first-order valence-corrected chi connectivity index (χ1v) is 10.8. The number of aryl methyl sites for hydroxylation is 4. The van der Waals surface area contributed by atoms with Gasteiger partial charge in [-0.1, -0.05) is 12.1 Å². The lowest BCUT2D eigenvalue weighted by molar-refractivity contribution is 0.172. The molecule has 2 aromatic rings. The van der Waals surface area contributed by atoms with Gasteiger partial charge < -0.3 is 20.1 Å². The van der Waals surface area contributed by atoms with Crippen LogP contribution in [0.15, 0.2) is 29.3 Å². The van der Waals surface area contributed by atoms with Crippen LogP contribution in [-0.4, -0.2) is 49.2 Å². The van der Waals surface area contributed by atoms with Crippen LogP contribution in [-0.2, 0) is 17.8 Å². The van der Waals surface area contributed by atoms with E-state index in [1.807, 2.05) is 6.92 Å². The number of nitrogens with one attached hydrogen (secondary N) is 2. The topological polar surface area (TPSA) is 72.7 Å². The molecule has 0 atom stereocenters. The molecule has 1 aromatic heterocycles. The molecule has 1 heterocycles. The third-order valence-corrected chi connectivity index (χ3v) is 4.67. The van der Waals surface area contributed by atoms with Crippen LogP contribution in [0.2, 0.25) is 0 Å². The number of hydrogen-bond donors (Lipinski definition) is 2. The first kappa shape index (κ1) is 23.7. The van der Waals surface area contributed by atoms with Crippen LogP contribution in [0, 0.1) is 20.8 Å². The van der Waals surface area contributed by atoms with Crippen LogP contribution < -0.4 is 15.4 Å². The number of nitrogens with zero attached hydrogens (tertiary/aromatic N) is 3. The van der Waals surface area contributed by atoms with Crippen molar-refractivity contribution in [3.63, 3.8) is 0 Å². The second-order valence-corrected chi connectivity index (χ2v) is 7.43. The molecule has 0 bridgehead atoms. The summed E-state index contributed by atoms with van der Waals surface area (Å²) < 4.78 is 13.1. The van der Waals surface area contributed by atoms with Crippen molar-refractivity contribution < 1.29 is 9.47 Å². The highest BCUT2D eigenvalue weighted by molar-refractivity contribution is 5.79. The fraction of sp³-hybridized carbons (Fsp3) is 0.565. The number of rotatable bonds is 12. The number of guanidine groups is 1. The number of aromatic nitrogens is 2. The Morgan fingerprint density at radius 3 is 2.63 bits per heavy atom. The highest BCUT2D eigenvalue weighted by Crippen LogP contribution is 2.21. The molecular weight excluding hydrogens is 378 g/mol. The predicted octanol–water partition coefficient (Wildman–Crippen LogP) is 3.37. The SMILES string of the molecule is CCNC(=NCc1ccc(C)cc1OCCCOC)NCCCn1nc(C)cc1C. The quantitative estimate of drug-likeness (QED) is 0.316. The Kier molecular flexibility index (Phi) is 10.2. The van der Waals surface area contributed by atoms with Gasteiger partial charge in [-0.3, -0.25) is 4.68 Å². The molecule has 7 nitrogen and oxygen atoms in total. The van der Waals surface area contributed by atoms with Crippen molar-refractivity contribution in [2.45, 2.75) is 53.6 Å². The van der Waals surface area contributed by atoms with Gasteiger partial charge >= 0.3 is 0 Å². The number of methoxy groups -OCH3 is 1. The fourth-order valence-corrected chi connectivity index (χ4v) is 3.16. The van der Waals surface area contributed by atoms with Crippen LogP contribution in [0.25, 0.3) is 0 Å². The van der Waals surface area contributed by atoms with E-state index >= 15 is 0 Å². The van der Waals surface area contributed by atoms with Crippen molar-refractivity contribution in [3.05, 3.63) is 46.8 Å². The Balaban J connectivity index is 1.90. The summed E-state index contributed by atoms with van der Waals surface area (Å²) in [7, 11) is 1.71. The molecule has 0 aliphatic heterocycles. The van der Waals surface area contributed by atoms with Crippen LogP contribution in [0.3, 0.4) is 0 Å². The molecule has 166 valence electrons. The Bertz CT molecular complexity index is 801. The van der Waals surface area contributed by atoms with Crippen molar-refractivity contribution in [1.82, 2.24) is 20.4 Å². The molecule has 0 aliphatic rings. The Hall–Kier alpha value is -2.54. The van der Waals surface area contributed by atoms with Gasteiger partial charge in [0.15, 0.2) is 5.96 Å². The van der Waals surface area contributed by atoms with Crippen LogP contribution in [0.1, 0.15) is 42.3 Å². The second-order valence-electron chi connectivity index (χ2n) is 7.43. The number of ether oxygens (including phenoxy) is 2. The highest BCUT2D eigenvalue weighted by Gasteiger charge is 2.06. The van der Waals surface area contributed by atoms with E-state index in [2.05, 4.69) is 65.5 Å². The van der Waals surface area contributed by atoms with E-state index in [0.29, 0.717) is 19.8 Å². The fourth-order valence-electron chi connectivity index (χ4n) is 3.16. The van der Waals surface area contributed by atoms with E-state index in [4.69, 9.17) is 14.5 Å². The first-order valence-electron chi connectivity index (χ1n) is 10.8. The third-order valence-electron chi connectivity index (χ3n) is 4.67. The number of hydrogen-bond acceptors (Lipinski definition) is 4. The Labute approximate surface area is 180 Å². The lowest BCUT2D eigenvalue weighted by Gasteiger charge is -2.14. The van der Waals surface area contributed by atoms with Crippen molar-refractivity contribution in [3.8, 4) is 5.75 Å². The summed E-state index contributed by atoms with van der Waals surface area (Å²) in [4.78, 5) is 4.75. The molecule has 30 heavy (non-hydrogen) atoms. The molecule has 7 heteroatoms. The molecule has 0 amide bonds. The lowest BCUT2D eigenvalue weighted by atomic mass is 10.1. The first-order chi connectivity index (χ1) is 14.5. The largest absolute Gasteiger partial charge is 0.493 e. The second kappa shape index (κ2) is 12.9. The van der Waals surface area contributed by atoms with Crippen molar-refractivity contribution >= 4 is 5.96 Å². The minimum absolute atomic E-state index is 0.562. The molecule has 2 rings (SSSR count). The molecule has 0 unspecified atom stereocenters. The highest BCUT2D eigenvalue weighted by atomic mass is 16.5. The lowest BCUT2D eigenvalue weighted by Crippen LogP contribution is -2.38. The maximum absolute atomic E-state index is 5.97. The average Bonchev–Trinajstić information content (AvgIpc) is 3.04. The molecular formula is C23H37N5O2. The third kappa shape index (κ3) is 8.06. The van der Waals surface area contributed by atoms with Crippen LogP contribution in [0.4, 0.5) is 0 Å². The summed E-state index contributed by atoms with van der Waals surface area (Å²) in [6, 6.07) is 8.38. The minimum atomic E-state index is 0.562.